The van der Waals surface area contributed by atoms with E-state index in [9.17, 15) is 13.2 Å². The van der Waals surface area contributed by atoms with Crippen LogP contribution in [0.3, 0.4) is 0 Å². The predicted molar refractivity (Wildman–Crippen MR) is 122 cm³/mol. The Hall–Kier alpha value is -2.13. The summed E-state index contributed by atoms with van der Waals surface area (Å²) < 4.78 is 25.6. The number of guanidine groups is 1. The Balaban J connectivity index is 1.48. The van der Waals surface area contributed by atoms with Gasteiger partial charge in [0, 0.05) is 52.7 Å². The average molecular weight is 450 g/mol. The van der Waals surface area contributed by atoms with Crippen LogP contribution in [0.15, 0.2) is 34.2 Å². The van der Waals surface area contributed by atoms with Gasteiger partial charge in [0.15, 0.2) is 5.96 Å². The second-order valence-electron chi connectivity index (χ2n) is 8.61. The second kappa shape index (κ2) is 10.5. The molecule has 1 atom stereocenters. The Kier molecular flexibility index (Phi) is 7.94. The molecule has 1 saturated carbocycles. The SMILES string of the molecule is CN=C(NCc1ccc(S(=O)(=O)N(C)C)cc1)NC1CCN(C(=O)C2CCCCC2)C1. The van der Waals surface area contributed by atoms with Crippen molar-refractivity contribution in [3.8, 4) is 0 Å². The van der Waals surface area contributed by atoms with Gasteiger partial charge in [-0.3, -0.25) is 9.79 Å². The molecule has 1 aliphatic carbocycles. The van der Waals surface area contributed by atoms with E-state index in [1.165, 1.54) is 37.7 Å². The first kappa shape index (κ1) is 23.5. The van der Waals surface area contributed by atoms with Gasteiger partial charge in [-0.1, -0.05) is 31.4 Å². The Bertz CT molecular complexity index is 877. The van der Waals surface area contributed by atoms with Gasteiger partial charge in [0.1, 0.15) is 0 Å². The molecule has 3 rings (SSSR count). The predicted octanol–water partition coefficient (Wildman–Crippen LogP) is 1.78. The van der Waals surface area contributed by atoms with Crippen LogP contribution >= 0.6 is 0 Å². The molecule has 1 aromatic carbocycles. The monoisotopic (exact) mass is 449 g/mol. The fraction of sp³-hybridized carbons (Fsp3) is 0.636. The highest BCUT2D eigenvalue weighted by Gasteiger charge is 2.31. The highest BCUT2D eigenvalue weighted by Crippen LogP contribution is 2.26. The summed E-state index contributed by atoms with van der Waals surface area (Å²) in [4.78, 5) is 19.3. The molecule has 8 nitrogen and oxygen atoms in total. The van der Waals surface area contributed by atoms with Crippen molar-refractivity contribution in [2.75, 3.05) is 34.2 Å². The maximum Gasteiger partial charge on any atom is 0.242 e. The molecule has 0 spiro atoms. The first-order valence-corrected chi connectivity index (χ1v) is 12.5. The Morgan fingerprint density at radius 3 is 2.42 bits per heavy atom. The van der Waals surface area contributed by atoms with Gasteiger partial charge >= 0.3 is 0 Å². The number of carbonyl (C=O) groups excluding carboxylic acids is 1. The molecule has 0 aromatic heterocycles. The highest BCUT2D eigenvalue weighted by molar-refractivity contribution is 7.89. The fourth-order valence-electron chi connectivity index (χ4n) is 4.25. The molecule has 172 valence electrons. The quantitative estimate of drug-likeness (QED) is 0.510. The summed E-state index contributed by atoms with van der Waals surface area (Å²) in [5.41, 5.74) is 0.959. The zero-order valence-corrected chi connectivity index (χ0v) is 19.6. The minimum atomic E-state index is -3.42. The smallest absolute Gasteiger partial charge is 0.242 e. The van der Waals surface area contributed by atoms with Crippen LogP contribution in [0.4, 0.5) is 0 Å². The number of carbonyl (C=O) groups is 1. The number of nitrogens with one attached hydrogen (secondary N) is 2. The number of sulfonamides is 1. The molecule has 2 aliphatic rings. The molecule has 1 amide bonds. The zero-order chi connectivity index (χ0) is 22.4. The van der Waals surface area contributed by atoms with Gasteiger partial charge in [-0.25, -0.2) is 12.7 Å². The van der Waals surface area contributed by atoms with Crippen molar-refractivity contribution in [3.05, 3.63) is 29.8 Å². The molecule has 0 bridgehead atoms. The van der Waals surface area contributed by atoms with Gasteiger partial charge in [0.2, 0.25) is 15.9 Å². The summed E-state index contributed by atoms with van der Waals surface area (Å²) >= 11 is 0. The maximum absolute atomic E-state index is 12.8. The lowest BCUT2D eigenvalue weighted by Gasteiger charge is -2.26. The maximum atomic E-state index is 12.8. The van der Waals surface area contributed by atoms with Gasteiger partial charge in [0.05, 0.1) is 4.90 Å². The largest absolute Gasteiger partial charge is 0.352 e. The minimum absolute atomic E-state index is 0.186. The van der Waals surface area contributed by atoms with Crippen LogP contribution in [0, 0.1) is 5.92 Å². The number of hydrogen-bond acceptors (Lipinski definition) is 4. The number of aliphatic imine (C=N–C) groups is 1. The normalized spacial score (nSPS) is 20.8. The summed E-state index contributed by atoms with van der Waals surface area (Å²) in [5, 5.41) is 6.69. The lowest BCUT2D eigenvalue weighted by Crippen LogP contribution is -2.45. The third-order valence-corrected chi connectivity index (χ3v) is 8.01. The van der Waals surface area contributed by atoms with Crippen LogP contribution in [-0.2, 0) is 21.4 Å². The fourth-order valence-corrected chi connectivity index (χ4v) is 5.15. The van der Waals surface area contributed by atoms with Crippen molar-refractivity contribution in [1.29, 1.82) is 0 Å². The van der Waals surface area contributed by atoms with E-state index < -0.39 is 10.0 Å². The van der Waals surface area contributed by atoms with Crippen LogP contribution in [0.2, 0.25) is 0 Å². The van der Waals surface area contributed by atoms with E-state index in [-0.39, 0.29) is 16.9 Å². The topological polar surface area (TPSA) is 94.1 Å². The molecule has 9 heteroatoms. The first-order valence-electron chi connectivity index (χ1n) is 11.1. The van der Waals surface area contributed by atoms with E-state index >= 15 is 0 Å². The number of hydrogen-bond donors (Lipinski definition) is 2. The number of nitrogens with zero attached hydrogens (tertiary/aromatic N) is 3. The van der Waals surface area contributed by atoms with Crippen LogP contribution in [0.25, 0.3) is 0 Å². The first-order chi connectivity index (χ1) is 14.8. The summed E-state index contributed by atoms with van der Waals surface area (Å²) in [6, 6.07) is 7.03. The zero-order valence-electron chi connectivity index (χ0n) is 18.8. The number of likely N-dealkylation sites (tertiary alicyclic amines) is 1. The third kappa shape index (κ3) is 5.98. The van der Waals surface area contributed by atoms with E-state index in [0.717, 1.165) is 31.4 Å². The van der Waals surface area contributed by atoms with Crippen molar-refractivity contribution in [1.82, 2.24) is 19.8 Å². The summed E-state index contributed by atoms with van der Waals surface area (Å²) in [6.45, 7) is 2.04. The van der Waals surface area contributed by atoms with Crippen LogP contribution in [0.1, 0.15) is 44.1 Å². The molecule has 2 fully saturated rings. The van der Waals surface area contributed by atoms with E-state index in [2.05, 4.69) is 15.6 Å². The number of benzene rings is 1. The Morgan fingerprint density at radius 2 is 1.81 bits per heavy atom. The molecular formula is C22H35N5O3S. The highest BCUT2D eigenvalue weighted by atomic mass is 32.2. The Morgan fingerprint density at radius 1 is 1.13 bits per heavy atom. The van der Waals surface area contributed by atoms with Gasteiger partial charge in [0.25, 0.3) is 0 Å². The average Bonchev–Trinajstić information content (AvgIpc) is 3.25. The lowest BCUT2D eigenvalue weighted by molar-refractivity contribution is -0.135. The van der Waals surface area contributed by atoms with Crippen molar-refractivity contribution >= 4 is 21.9 Å². The third-order valence-electron chi connectivity index (χ3n) is 6.18. The van der Waals surface area contributed by atoms with Crippen molar-refractivity contribution in [2.45, 2.75) is 56.0 Å². The van der Waals surface area contributed by atoms with Crippen LogP contribution < -0.4 is 10.6 Å². The van der Waals surface area contributed by atoms with E-state index in [0.29, 0.717) is 25.0 Å². The summed E-state index contributed by atoms with van der Waals surface area (Å²) in [6.07, 6.45) is 6.58. The number of amides is 1. The lowest BCUT2D eigenvalue weighted by atomic mass is 9.88. The standard InChI is InChI=1S/C22H35N5O3S/c1-23-22(24-15-17-9-11-20(12-10-17)31(29,30)26(2)3)25-19-13-14-27(16-19)21(28)18-7-5-4-6-8-18/h9-12,18-19H,4-8,13-16H2,1-3H3,(H2,23,24,25). The molecule has 0 radical (unpaired) electrons. The molecule has 1 aromatic rings. The summed E-state index contributed by atoms with van der Waals surface area (Å²) in [7, 11) is 1.35. The molecule has 1 saturated heterocycles. The van der Waals surface area contributed by atoms with Crippen LogP contribution in [-0.4, -0.2) is 69.8 Å². The van der Waals surface area contributed by atoms with Gasteiger partial charge in [-0.15, -0.1) is 0 Å². The molecule has 2 N–H and O–H groups in total. The van der Waals surface area contributed by atoms with Crippen molar-refractivity contribution < 1.29 is 13.2 Å². The van der Waals surface area contributed by atoms with Crippen molar-refractivity contribution in [2.24, 2.45) is 10.9 Å². The van der Waals surface area contributed by atoms with Gasteiger partial charge in [-0.05, 0) is 37.0 Å². The van der Waals surface area contributed by atoms with E-state index in [1.54, 1.807) is 31.3 Å². The Labute approximate surface area is 186 Å². The second-order valence-corrected chi connectivity index (χ2v) is 10.8. The molecular weight excluding hydrogens is 414 g/mol. The van der Waals surface area contributed by atoms with Gasteiger partial charge < -0.3 is 15.5 Å². The minimum Gasteiger partial charge on any atom is -0.352 e. The number of rotatable bonds is 6. The van der Waals surface area contributed by atoms with Crippen molar-refractivity contribution in [3.63, 3.8) is 0 Å². The van der Waals surface area contributed by atoms with E-state index in [4.69, 9.17) is 0 Å². The molecule has 1 unspecified atom stereocenters. The molecule has 31 heavy (non-hydrogen) atoms. The molecule has 1 aliphatic heterocycles. The van der Waals surface area contributed by atoms with Crippen LogP contribution in [0.5, 0.6) is 0 Å². The van der Waals surface area contributed by atoms with Gasteiger partial charge in [-0.2, -0.15) is 0 Å². The van der Waals surface area contributed by atoms with E-state index in [1.807, 2.05) is 4.90 Å². The summed E-state index contributed by atoms with van der Waals surface area (Å²) in [5.74, 6) is 1.21. The molecule has 1 heterocycles.